The molecule has 1 N–H and O–H groups in total. The summed E-state index contributed by atoms with van der Waals surface area (Å²) in [6.07, 6.45) is 1.37. The number of aryl methyl sites for hydroxylation is 1. The van der Waals surface area contributed by atoms with Gasteiger partial charge in [0.15, 0.2) is 0 Å². The van der Waals surface area contributed by atoms with Crippen LogP contribution in [0.15, 0.2) is 36.3 Å². The van der Waals surface area contributed by atoms with Gasteiger partial charge in [-0.1, -0.05) is 32.0 Å². The van der Waals surface area contributed by atoms with Gasteiger partial charge < -0.3 is 14.8 Å². The smallest absolute Gasteiger partial charge is 0.294 e. The largest absolute Gasteiger partial charge is 0.494 e. The van der Waals surface area contributed by atoms with Crippen molar-refractivity contribution in [3.63, 3.8) is 0 Å². The Hall–Kier alpha value is -2.56. The first-order valence-electron chi connectivity index (χ1n) is 7.73. The topological polar surface area (TPSA) is 60.5 Å². The van der Waals surface area contributed by atoms with Crippen molar-refractivity contribution < 1.29 is 14.3 Å². The molecule has 120 valence electrons. The van der Waals surface area contributed by atoms with E-state index in [1.807, 2.05) is 31.2 Å². The van der Waals surface area contributed by atoms with E-state index in [0.29, 0.717) is 13.2 Å². The van der Waals surface area contributed by atoms with Gasteiger partial charge in [0.25, 0.3) is 5.91 Å². The van der Waals surface area contributed by atoms with Crippen molar-refractivity contribution in [3.8, 4) is 0 Å². The number of nitrogens with zero attached hydrogens (tertiary/aromatic N) is 1. The van der Waals surface area contributed by atoms with E-state index in [1.165, 1.54) is 6.26 Å². The zero-order valence-corrected chi connectivity index (χ0v) is 13.6. The minimum absolute atomic E-state index is 0.199. The van der Waals surface area contributed by atoms with Crippen LogP contribution in [-0.2, 0) is 14.3 Å². The van der Waals surface area contributed by atoms with Crippen molar-refractivity contribution in [3.05, 3.63) is 47.5 Å². The summed E-state index contributed by atoms with van der Waals surface area (Å²) in [5.74, 6) is 0.131. The monoisotopic (exact) mass is 312 g/mol. The van der Waals surface area contributed by atoms with E-state index in [1.54, 1.807) is 0 Å². The van der Waals surface area contributed by atoms with Crippen LogP contribution in [0.5, 0.6) is 0 Å². The third-order valence-electron chi connectivity index (χ3n) is 3.81. The maximum Gasteiger partial charge on any atom is 0.294 e. The highest BCUT2D eigenvalue weighted by molar-refractivity contribution is 6.08. The maximum atomic E-state index is 12.5. The molecule has 23 heavy (non-hydrogen) atoms. The number of para-hydroxylation sites is 1. The molecule has 2 aromatic rings. The molecule has 3 rings (SSSR count). The van der Waals surface area contributed by atoms with Gasteiger partial charge in [0.05, 0.1) is 11.2 Å². The number of carbonyl (C=O) groups is 1. The Morgan fingerprint density at radius 1 is 1.26 bits per heavy atom. The second-order valence-electron chi connectivity index (χ2n) is 5.81. The van der Waals surface area contributed by atoms with Crippen molar-refractivity contribution in [1.29, 1.82) is 0 Å². The number of rotatable bonds is 3. The number of amides is 1. The average molecular weight is 312 g/mol. The first-order valence-corrected chi connectivity index (χ1v) is 7.73. The van der Waals surface area contributed by atoms with E-state index >= 15 is 0 Å². The molecule has 0 saturated heterocycles. The molecule has 0 aliphatic carbocycles. The van der Waals surface area contributed by atoms with Gasteiger partial charge in [-0.05, 0) is 18.9 Å². The van der Waals surface area contributed by atoms with Crippen molar-refractivity contribution in [1.82, 2.24) is 4.98 Å². The van der Waals surface area contributed by atoms with Crippen LogP contribution in [0.25, 0.3) is 10.9 Å². The molecule has 1 amide bonds. The fraction of sp³-hybridized carbons (Fsp3) is 0.333. The van der Waals surface area contributed by atoms with Gasteiger partial charge in [0.2, 0.25) is 5.76 Å². The number of aromatic nitrogens is 1. The molecule has 2 heterocycles. The fourth-order valence-electron chi connectivity index (χ4n) is 2.85. The molecule has 0 saturated carbocycles. The molecule has 5 heteroatoms. The van der Waals surface area contributed by atoms with E-state index in [0.717, 1.165) is 27.8 Å². The third-order valence-corrected chi connectivity index (χ3v) is 3.81. The Bertz CT molecular complexity index is 781. The highest BCUT2D eigenvalue weighted by Gasteiger charge is 2.21. The first kappa shape index (κ1) is 15.3. The lowest BCUT2D eigenvalue weighted by Crippen LogP contribution is -2.22. The second kappa shape index (κ2) is 6.28. The van der Waals surface area contributed by atoms with Crippen molar-refractivity contribution in [2.75, 3.05) is 18.5 Å². The predicted octanol–water partition coefficient (Wildman–Crippen LogP) is 3.49. The number of anilines is 1. The molecule has 1 aliphatic heterocycles. The first-order chi connectivity index (χ1) is 11.1. The Kier molecular flexibility index (Phi) is 4.19. The average Bonchev–Trinajstić information content (AvgIpc) is 2.55. The van der Waals surface area contributed by atoms with Gasteiger partial charge in [-0.25, -0.2) is 0 Å². The van der Waals surface area contributed by atoms with E-state index in [-0.39, 0.29) is 17.6 Å². The highest BCUT2D eigenvalue weighted by atomic mass is 16.6. The van der Waals surface area contributed by atoms with E-state index in [4.69, 9.17) is 9.47 Å². The summed E-state index contributed by atoms with van der Waals surface area (Å²) in [4.78, 5) is 17.1. The van der Waals surface area contributed by atoms with Crippen molar-refractivity contribution in [2.45, 2.75) is 26.7 Å². The summed E-state index contributed by atoms with van der Waals surface area (Å²) in [6.45, 7) is 7.00. The van der Waals surface area contributed by atoms with Crippen LogP contribution in [0.2, 0.25) is 0 Å². The van der Waals surface area contributed by atoms with Crippen LogP contribution in [0, 0.1) is 6.92 Å². The number of ether oxygens (including phenoxy) is 2. The molecule has 1 aromatic heterocycles. The Labute approximate surface area is 135 Å². The van der Waals surface area contributed by atoms with Crippen LogP contribution in [0.3, 0.4) is 0 Å². The van der Waals surface area contributed by atoms with Crippen LogP contribution in [0.1, 0.15) is 31.0 Å². The number of nitrogens with one attached hydrogen (secondary N) is 1. The minimum atomic E-state index is -0.303. The molecule has 0 radical (unpaired) electrons. The van der Waals surface area contributed by atoms with E-state index in [9.17, 15) is 4.79 Å². The number of carbonyl (C=O) groups excluding carboxylic acids is 1. The summed E-state index contributed by atoms with van der Waals surface area (Å²) < 4.78 is 10.5. The maximum absolute atomic E-state index is 12.5. The number of hydrogen-bond acceptors (Lipinski definition) is 4. The lowest BCUT2D eigenvalue weighted by atomic mass is 9.96. The van der Waals surface area contributed by atoms with Crippen LogP contribution in [0.4, 0.5) is 5.69 Å². The van der Waals surface area contributed by atoms with Crippen molar-refractivity contribution in [2.24, 2.45) is 0 Å². The lowest BCUT2D eigenvalue weighted by molar-refractivity contribution is -0.117. The minimum Gasteiger partial charge on any atom is -0.494 e. The zero-order valence-electron chi connectivity index (χ0n) is 13.6. The molecular weight excluding hydrogens is 292 g/mol. The number of benzene rings is 1. The van der Waals surface area contributed by atoms with E-state index < -0.39 is 0 Å². The van der Waals surface area contributed by atoms with E-state index in [2.05, 4.69) is 24.1 Å². The standard InChI is InChI=1S/C18H20N2O3/c1-11(2)16-12(3)19-14-7-5-4-6-13(14)17(16)20-18(21)15-10-22-8-9-23-15/h4-7,10-11H,8-9H2,1-3H3,(H,19,20,21). The second-order valence-corrected chi connectivity index (χ2v) is 5.81. The Balaban J connectivity index is 2.08. The van der Waals surface area contributed by atoms with Crippen LogP contribution >= 0.6 is 0 Å². The zero-order chi connectivity index (χ0) is 16.4. The number of pyridine rings is 1. The fourth-order valence-corrected chi connectivity index (χ4v) is 2.85. The highest BCUT2D eigenvalue weighted by Crippen LogP contribution is 2.33. The summed E-state index contributed by atoms with van der Waals surface area (Å²) in [7, 11) is 0. The molecule has 1 aliphatic rings. The predicted molar refractivity (Wildman–Crippen MR) is 89.2 cm³/mol. The Morgan fingerprint density at radius 2 is 2.04 bits per heavy atom. The van der Waals surface area contributed by atoms with Gasteiger partial charge in [-0.15, -0.1) is 0 Å². The molecular formula is C18H20N2O3. The molecule has 1 aromatic carbocycles. The molecule has 0 spiro atoms. The quantitative estimate of drug-likeness (QED) is 0.942. The van der Waals surface area contributed by atoms with Crippen LogP contribution < -0.4 is 5.32 Å². The molecule has 5 nitrogen and oxygen atoms in total. The van der Waals surface area contributed by atoms with Gasteiger partial charge in [-0.2, -0.15) is 0 Å². The van der Waals surface area contributed by atoms with Gasteiger partial charge in [0.1, 0.15) is 19.5 Å². The summed E-state index contributed by atoms with van der Waals surface area (Å²) >= 11 is 0. The molecule has 0 atom stereocenters. The number of hydrogen-bond donors (Lipinski definition) is 1. The molecule has 0 bridgehead atoms. The SMILES string of the molecule is Cc1nc2ccccc2c(NC(=O)C2=COCCO2)c1C(C)C. The van der Waals surface area contributed by atoms with Gasteiger partial charge >= 0.3 is 0 Å². The van der Waals surface area contributed by atoms with Crippen LogP contribution in [-0.4, -0.2) is 24.1 Å². The van der Waals surface area contributed by atoms with Gasteiger partial charge in [-0.3, -0.25) is 9.78 Å². The summed E-state index contributed by atoms with van der Waals surface area (Å²) in [6, 6.07) is 7.80. The summed E-state index contributed by atoms with van der Waals surface area (Å²) in [5.41, 5.74) is 3.61. The third kappa shape index (κ3) is 2.99. The Morgan fingerprint density at radius 3 is 2.74 bits per heavy atom. The molecule has 0 unspecified atom stereocenters. The summed E-state index contributed by atoms with van der Waals surface area (Å²) in [5, 5.41) is 3.92. The van der Waals surface area contributed by atoms with Crippen molar-refractivity contribution >= 4 is 22.5 Å². The molecule has 0 fully saturated rings. The number of fused-ring (bicyclic) bond motifs is 1. The lowest BCUT2D eigenvalue weighted by Gasteiger charge is -2.20. The van der Waals surface area contributed by atoms with Gasteiger partial charge in [0, 0.05) is 16.6 Å². The normalized spacial score (nSPS) is 14.2.